The molecule has 2 rings (SSSR count). The Balaban J connectivity index is 2.09. The molecule has 0 saturated carbocycles. The summed E-state index contributed by atoms with van der Waals surface area (Å²) in [5.74, 6) is 0.196. The van der Waals surface area contributed by atoms with Crippen molar-refractivity contribution in [3.63, 3.8) is 0 Å². The van der Waals surface area contributed by atoms with Crippen molar-refractivity contribution in [3.8, 4) is 0 Å². The molecule has 1 aromatic rings. The van der Waals surface area contributed by atoms with Gasteiger partial charge >= 0.3 is 5.97 Å². The second-order valence-corrected chi connectivity index (χ2v) is 6.20. The number of esters is 1. The number of carbonyl (C=O) groups is 1. The number of piperidine rings is 1. The van der Waals surface area contributed by atoms with Crippen LogP contribution >= 0.6 is 11.6 Å². The molecule has 0 bridgehead atoms. The lowest BCUT2D eigenvalue weighted by Gasteiger charge is -2.34. The van der Waals surface area contributed by atoms with Gasteiger partial charge in [0.05, 0.1) is 12.7 Å². The zero-order chi connectivity index (χ0) is 15.4. The maximum Gasteiger partial charge on any atom is 0.337 e. The third-order valence-electron chi connectivity index (χ3n) is 4.15. The Morgan fingerprint density at radius 2 is 2.33 bits per heavy atom. The predicted molar refractivity (Wildman–Crippen MR) is 84.4 cm³/mol. The number of carbonyl (C=O) groups excluding carboxylic acids is 1. The van der Waals surface area contributed by atoms with Gasteiger partial charge in [-0.15, -0.1) is 0 Å². The van der Waals surface area contributed by atoms with Crippen LogP contribution in [-0.4, -0.2) is 37.1 Å². The largest absolute Gasteiger partial charge is 0.465 e. The van der Waals surface area contributed by atoms with E-state index in [0.29, 0.717) is 16.5 Å². The average molecular weight is 311 g/mol. The minimum absolute atomic E-state index is 0.213. The van der Waals surface area contributed by atoms with E-state index in [4.69, 9.17) is 22.1 Å². The molecule has 1 aliphatic heterocycles. The number of nitrogens with two attached hydrogens (primary N) is 1. The highest BCUT2D eigenvalue weighted by Crippen LogP contribution is 2.24. The molecule has 2 atom stereocenters. The molecule has 2 N–H and O–H groups in total. The van der Waals surface area contributed by atoms with E-state index in [2.05, 4.69) is 11.8 Å². The second-order valence-electron chi connectivity index (χ2n) is 5.79. The first-order chi connectivity index (χ1) is 10.0. The second kappa shape index (κ2) is 7.25. The summed E-state index contributed by atoms with van der Waals surface area (Å²) in [5.41, 5.74) is 7.52. The zero-order valence-electron chi connectivity index (χ0n) is 12.6. The predicted octanol–water partition coefficient (Wildman–Crippen LogP) is 2.69. The highest BCUT2D eigenvalue weighted by molar-refractivity contribution is 6.31. The van der Waals surface area contributed by atoms with Crippen molar-refractivity contribution in [2.24, 2.45) is 11.7 Å². The highest BCUT2D eigenvalue weighted by atomic mass is 35.5. The molecule has 2 unspecified atom stereocenters. The molecule has 4 nitrogen and oxygen atoms in total. The molecule has 0 spiro atoms. The quantitative estimate of drug-likeness (QED) is 0.869. The lowest BCUT2D eigenvalue weighted by Crippen LogP contribution is -2.41. The Kier molecular flexibility index (Phi) is 5.62. The van der Waals surface area contributed by atoms with Crippen LogP contribution in [0.15, 0.2) is 18.2 Å². The van der Waals surface area contributed by atoms with Gasteiger partial charge in [0.1, 0.15) is 0 Å². The van der Waals surface area contributed by atoms with Crippen LogP contribution < -0.4 is 5.73 Å². The molecule has 0 radical (unpaired) electrons. The molecular weight excluding hydrogens is 288 g/mol. The monoisotopic (exact) mass is 310 g/mol. The molecule has 5 heteroatoms. The fourth-order valence-electron chi connectivity index (χ4n) is 2.85. The maximum atomic E-state index is 11.6. The molecule has 1 aromatic carbocycles. The summed E-state index contributed by atoms with van der Waals surface area (Å²) >= 11 is 6.26. The van der Waals surface area contributed by atoms with Gasteiger partial charge in [-0.05, 0) is 56.0 Å². The Morgan fingerprint density at radius 1 is 1.57 bits per heavy atom. The minimum Gasteiger partial charge on any atom is -0.465 e. The van der Waals surface area contributed by atoms with Crippen LogP contribution in [0.3, 0.4) is 0 Å². The number of benzene rings is 1. The van der Waals surface area contributed by atoms with Crippen molar-refractivity contribution in [2.45, 2.75) is 32.4 Å². The van der Waals surface area contributed by atoms with Gasteiger partial charge in [0.25, 0.3) is 0 Å². The molecule has 0 aromatic heterocycles. The highest BCUT2D eigenvalue weighted by Gasteiger charge is 2.23. The number of halogens is 1. The standard InChI is InChI=1S/C16H23ClN2O2/c1-11(18)13-4-3-7-19(9-13)10-14-8-12(16(20)21-2)5-6-15(14)17/h5-6,8,11,13H,3-4,7,9-10,18H2,1-2H3. The van der Waals surface area contributed by atoms with Gasteiger partial charge in [-0.25, -0.2) is 4.79 Å². The van der Waals surface area contributed by atoms with Crippen LogP contribution in [0.25, 0.3) is 0 Å². The van der Waals surface area contributed by atoms with Crippen LogP contribution in [-0.2, 0) is 11.3 Å². The van der Waals surface area contributed by atoms with Crippen molar-refractivity contribution in [1.29, 1.82) is 0 Å². The van der Waals surface area contributed by atoms with Crippen molar-refractivity contribution in [3.05, 3.63) is 34.3 Å². The van der Waals surface area contributed by atoms with Gasteiger partial charge in [-0.3, -0.25) is 4.90 Å². The zero-order valence-corrected chi connectivity index (χ0v) is 13.4. The summed E-state index contributed by atoms with van der Waals surface area (Å²) in [6.45, 7) is 4.84. The molecule has 1 aliphatic rings. The van der Waals surface area contributed by atoms with E-state index in [1.54, 1.807) is 12.1 Å². The summed E-state index contributed by atoms with van der Waals surface area (Å²) in [7, 11) is 1.38. The van der Waals surface area contributed by atoms with Crippen LogP contribution in [0.5, 0.6) is 0 Å². The summed E-state index contributed by atoms with van der Waals surface area (Å²) in [5, 5.41) is 0.686. The number of ether oxygens (including phenoxy) is 1. The Hall–Kier alpha value is -1.10. The van der Waals surface area contributed by atoms with Crippen LogP contribution in [0.2, 0.25) is 5.02 Å². The summed E-state index contributed by atoms with van der Waals surface area (Å²) in [4.78, 5) is 14.0. The lowest BCUT2D eigenvalue weighted by atomic mass is 9.92. The van der Waals surface area contributed by atoms with Crippen molar-refractivity contribution < 1.29 is 9.53 Å². The fourth-order valence-corrected chi connectivity index (χ4v) is 3.02. The lowest BCUT2D eigenvalue weighted by molar-refractivity contribution is 0.0600. The molecule has 1 heterocycles. The van der Waals surface area contributed by atoms with Gasteiger partial charge in [0, 0.05) is 24.2 Å². The molecule has 1 fully saturated rings. The van der Waals surface area contributed by atoms with E-state index < -0.39 is 0 Å². The number of methoxy groups -OCH3 is 1. The molecule has 0 amide bonds. The van der Waals surface area contributed by atoms with E-state index in [0.717, 1.165) is 31.6 Å². The Labute approximate surface area is 131 Å². The minimum atomic E-state index is -0.333. The first-order valence-electron chi connectivity index (χ1n) is 7.36. The molecule has 116 valence electrons. The third-order valence-corrected chi connectivity index (χ3v) is 4.52. The smallest absolute Gasteiger partial charge is 0.337 e. The van der Waals surface area contributed by atoms with Gasteiger partial charge < -0.3 is 10.5 Å². The first kappa shape index (κ1) is 16.3. The molecule has 21 heavy (non-hydrogen) atoms. The Morgan fingerprint density at radius 3 is 3.00 bits per heavy atom. The normalized spacial score (nSPS) is 21.0. The van der Waals surface area contributed by atoms with Gasteiger partial charge in [-0.2, -0.15) is 0 Å². The number of hydrogen-bond donors (Lipinski definition) is 1. The third kappa shape index (κ3) is 4.19. The van der Waals surface area contributed by atoms with Gasteiger partial charge in [0.15, 0.2) is 0 Å². The van der Waals surface area contributed by atoms with Crippen molar-refractivity contribution in [2.75, 3.05) is 20.2 Å². The summed E-state index contributed by atoms with van der Waals surface area (Å²) in [6, 6.07) is 5.49. The SMILES string of the molecule is COC(=O)c1ccc(Cl)c(CN2CCCC(C(C)N)C2)c1. The molecular formula is C16H23ClN2O2. The average Bonchev–Trinajstić information content (AvgIpc) is 2.49. The van der Waals surface area contributed by atoms with E-state index in [-0.39, 0.29) is 12.0 Å². The molecule has 1 saturated heterocycles. The fraction of sp³-hybridized carbons (Fsp3) is 0.562. The number of rotatable bonds is 4. The van der Waals surface area contributed by atoms with E-state index >= 15 is 0 Å². The summed E-state index contributed by atoms with van der Waals surface area (Å²) < 4.78 is 4.76. The van der Waals surface area contributed by atoms with E-state index in [1.807, 2.05) is 6.07 Å². The van der Waals surface area contributed by atoms with Gasteiger partial charge in [0.2, 0.25) is 0 Å². The maximum absolute atomic E-state index is 11.6. The van der Waals surface area contributed by atoms with Crippen molar-refractivity contribution in [1.82, 2.24) is 4.90 Å². The number of hydrogen-bond acceptors (Lipinski definition) is 4. The van der Waals surface area contributed by atoms with E-state index in [9.17, 15) is 4.79 Å². The van der Waals surface area contributed by atoms with Crippen LogP contribution in [0, 0.1) is 5.92 Å². The van der Waals surface area contributed by atoms with Crippen LogP contribution in [0.1, 0.15) is 35.7 Å². The topological polar surface area (TPSA) is 55.6 Å². The number of nitrogens with zero attached hydrogens (tertiary/aromatic N) is 1. The van der Waals surface area contributed by atoms with E-state index in [1.165, 1.54) is 13.5 Å². The van der Waals surface area contributed by atoms with Gasteiger partial charge in [-0.1, -0.05) is 11.6 Å². The molecule has 0 aliphatic carbocycles. The Bertz CT molecular complexity index is 505. The summed E-state index contributed by atoms with van der Waals surface area (Å²) in [6.07, 6.45) is 2.34. The van der Waals surface area contributed by atoms with Crippen molar-refractivity contribution >= 4 is 17.6 Å². The van der Waals surface area contributed by atoms with Crippen LogP contribution in [0.4, 0.5) is 0 Å². The first-order valence-corrected chi connectivity index (χ1v) is 7.73. The number of likely N-dealkylation sites (tertiary alicyclic amines) is 1.